The Morgan fingerprint density at radius 2 is 0.836 bits per heavy atom. The minimum atomic E-state index is 0.810. The number of hydrogen-bond acceptors (Lipinski definition) is 4. The van der Waals surface area contributed by atoms with Crippen LogP contribution in [-0.2, 0) is 0 Å². The Kier molecular flexibility index (Phi) is 7.40. The summed E-state index contributed by atoms with van der Waals surface area (Å²) >= 11 is 0. The molecular weight excluding hydrogens is 823 g/mol. The van der Waals surface area contributed by atoms with E-state index in [9.17, 15) is 0 Å². The molecule has 15 aromatic rings. The first kappa shape index (κ1) is 36.2. The molecule has 10 aromatic carbocycles. The van der Waals surface area contributed by atoms with Crippen molar-refractivity contribution in [2.45, 2.75) is 0 Å². The molecule has 5 heterocycles. The summed E-state index contributed by atoms with van der Waals surface area (Å²) in [5, 5.41) is 8.78. The second-order valence-electron chi connectivity index (χ2n) is 17.4. The number of rotatable bonds is 5. The number of nitrogens with zero attached hydrogens (tertiary/aromatic N) is 3. The Morgan fingerprint density at radius 1 is 0.313 bits per heavy atom. The van der Waals surface area contributed by atoms with Gasteiger partial charge in [-0.25, -0.2) is 4.98 Å². The maximum absolute atomic E-state index is 6.67. The summed E-state index contributed by atoms with van der Waals surface area (Å²) in [5.41, 5.74) is 17.0. The summed E-state index contributed by atoms with van der Waals surface area (Å²) in [7, 11) is 0. The van der Waals surface area contributed by atoms with Crippen LogP contribution in [0.4, 0.5) is 0 Å². The molecule has 15 rings (SSSR count). The Morgan fingerprint density at radius 3 is 1.58 bits per heavy atom. The molecule has 0 atom stereocenters. The van der Waals surface area contributed by atoms with Crippen molar-refractivity contribution in [1.29, 1.82) is 0 Å². The average Bonchev–Trinajstić information content (AvgIpc) is 4.21. The third-order valence-corrected chi connectivity index (χ3v) is 13.7. The highest BCUT2D eigenvalue weighted by Crippen LogP contribution is 2.44. The first-order valence-electron chi connectivity index (χ1n) is 22.6. The number of imidazole rings is 1. The molecule has 0 amide bonds. The van der Waals surface area contributed by atoms with E-state index in [-0.39, 0.29) is 0 Å². The van der Waals surface area contributed by atoms with Crippen LogP contribution in [0.2, 0.25) is 0 Å². The highest BCUT2D eigenvalue weighted by Gasteiger charge is 2.23. The van der Waals surface area contributed by atoms with Crippen LogP contribution in [0.3, 0.4) is 0 Å². The fourth-order valence-corrected chi connectivity index (χ4v) is 10.8. The van der Waals surface area contributed by atoms with Crippen molar-refractivity contribution in [2.24, 2.45) is 0 Å². The van der Waals surface area contributed by atoms with E-state index in [0.717, 1.165) is 133 Å². The van der Waals surface area contributed by atoms with Crippen LogP contribution in [-0.4, -0.2) is 14.1 Å². The maximum atomic E-state index is 6.67. The fraction of sp³-hybridized carbons (Fsp3) is 0. The average molecular weight is 858 g/mol. The molecule has 0 saturated carbocycles. The molecule has 0 bridgehead atoms. The third kappa shape index (κ3) is 5.23. The molecule has 0 N–H and O–H groups in total. The molecule has 0 fully saturated rings. The van der Waals surface area contributed by atoms with Crippen LogP contribution in [0.1, 0.15) is 0 Å². The highest BCUT2D eigenvalue weighted by atomic mass is 16.3. The third-order valence-electron chi connectivity index (χ3n) is 13.7. The quantitative estimate of drug-likeness (QED) is 0.173. The number of hydrogen-bond donors (Lipinski definition) is 0. The summed E-state index contributed by atoms with van der Waals surface area (Å²) in [6.07, 6.45) is 0. The lowest BCUT2D eigenvalue weighted by atomic mass is 9.97. The van der Waals surface area contributed by atoms with Crippen molar-refractivity contribution in [1.82, 2.24) is 14.1 Å². The van der Waals surface area contributed by atoms with Crippen LogP contribution in [0.5, 0.6) is 0 Å². The summed E-state index contributed by atoms with van der Waals surface area (Å²) in [6, 6.07) is 74.8. The van der Waals surface area contributed by atoms with Gasteiger partial charge in [-0.2, -0.15) is 0 Å². The van der Waals surface area contributed by atoms with Crippen LogP contribution in [0.15, 0.2) is 226 Å². The van der Waals surface area contributed by atoms with E-state index in [0.29, 0.717) is 0 Å². The van der Waals surface area contributed by atoms with Gasteiger partial charge in [-0.3, -0.25) is 4.57 Å². The first-order chi connectivity index (χ1) is 33.2. The lowest BCUT2D eigenvalue weighted by Gasteiger charge is -2.12. The van der Waals surface area contributed by atoms with Gasteiger partial charge in [-0.15, -0.1) is 0 Å². The SMILES string of the molecule is c1ccc(-n2c3ccc(-c4ccc5oc6cccc(-c7nc8ccccc8n7-c7cccc8oc9ccccc9c78)c6c5c4)cc3c3cc(-c4cccc5oc6ccccc6c45)ccc32)cc1. The molecular formula is C61H35N3O3. The number of aromatic nitrogens is 3. The van der Waals surface area contributed by atoms with Crippen molar-refractivity contribution in [3.05, 3.63) is 212 Å². The van der Waals surface area contributed by atoms with Crippen molar-refractivity contribution in [2.75, 3.05) is 0 Å². The molecule has 0 unspecified atom stereocenters. The molecule has 67 heavy (non-hydrogen) atoms. The highest BCUT2D eigenvalue weighted by molar-refractivity contribution is 6.17. The van der Waals surface area contributed by atoms with Gasteiger partial charge in [0.15, 0.2) is 0 Å². The van der Waals surface area contributed by atoms with E-state index in [1.807, 2.05) is 36.4 Å². The molecule has 5 aromatic heterocycles. The second kappa shape index (κ2) is 13.7. The van der Waals surface area contributed by atoms with E-state index < -0.39 is 0 Å². The molecule has 6 nitrogen and oxygen atoms in total. The smallest absolute Gasteiger partial charge is 0.146 e. The molecule has 0 aliphatic heterocycles. The molecule has 0 aliphatic rings. The van der Waals surface area contributed by atoms with Crippen molar-refractivity contribution < 1.29 is 13.3 Å². The molecule has 0 spiro atoms. The first-order valence-corrected chi connectivity index (χ1v) is 22.6. The number of fused-ring (bicyclic) bond motifs is 13. The molecule has 312 valence electrons. The van der Waals surface area contributed by atoms with Gasteiger partial charge in [0, 0.05) is 49.0 Å². The van der Waals surface area contributed by atoms with Gasteiger partial charge in [-0.1, -0.05) is 115 Å². The zero-order valence-corrected chi connectivity index (χ0v) is 35.8. The van der Waals surface area contributed by atoms with Gasteiger partial charge in [0.1, 0.15) is 39.3 Å². The van der Waals surface area contributed by atoms with Gasteiger partial charge in [0.25, 0.3) is 0 Å². The summed E-state index contributed by atoms with van der Waals surface area (Å²) in [5.74, 6) is 0.836. The predicted octanol–water partition coefficient (Wildman–Crippen LogP) is 16.8. The predicted molar refractivity (Wildman–Crippen MR) is 274 cm³/mol. The maximum Gasteiger partial charge on any atom is 0.146 e. The summed E-state index contributed by atoms with van der Waals surface area (Å²) in [4.78, 5) is 5.38. The van der Waals surface area contributed by atoms with Gasteiger partial charge < -0.3 is 17.8 Å². The second-order valence-corrected chi connectivity index (χ2v) is 17.4. The van der Waals surface area contributed by atoms with Crippen LogP contribution < -0.4 is 0 Å². The number of furan rings is 3. The summed E-state index contributed by atoms with van der Waals surface area (Å²) < 4.78 is 24.1. The summed E-state index contributed by atoms with van der Waals surface area (Å²) in [6.45, 7) is 0. The topological polar surface area (TPSA) is 62.2 Å². The Bertz CT molecular complexity index is 4520. The van der Waals surface area contributed by atoms with E-state index >= 15 is 0 Å². The zero-order chi connectivity index (χ0) is 43.7. The lowest BCUT2D eigenvalue weighted by molar-refractivity contribution is 0.668. The van der Waals surface area contributed by atoms with E-state index in [1.54, 1.807) is 0 Å². The normalized spacial score (nSPS) is 12.2. The van der Waals surface area contributed by atoms with Gasteiger partial charge in [0.2, 0.25) is 0 Å². The minimum Gasteiger partial charge on any atom is -0.456 e. The Labute approximate surface area is 381 Å². The van der Waals surface area contributed by atoms with Gasteiger partial charge >= 0.3 is 0 Å². The number of benzene rings is 10. The van der Waals surface area contributed by atoms with Gasteiger partial charge in [0.05, 0.1) is 33.1 Å². The van der Waals surface area contributed by atoms with E-state index in [4.69, 9.17) is 18.2 Å². The van der Waals surface area contributed by atoms with Crippen LogP contribution in [0, 0.1) is 0 Å². The number of para-hydroxylation sites is 5. The van der Waals surface area contributed by atoms with Crippen LogP contribution in [0.25, 0.3) is 144 Å². The molecule has 0 saturated heterocycles. The molecule has 6 heteroatoms. The van der Waals surface area contributed by atoms with Gasteiger partial charge in [-0.05, 0) is 119 Å². The standard InChI is InChI=1S/C61H35N3O3/c1-2-13-39(14-3-1)63-48-30-27-36(33-44(48)45-35-38(28-31-49(45)63)40-17-10-24-55-58(40)41-15-4-8-22-52(41)65-55)37-29-32-54-46(34-37)59-43(18-11-25-56(59)67-54)61-62-47-19-6-7-20-50(47)64(61)51-21-12-26-57-60(51)42-16-5-9-23-53(42)66-57/h1-35H. The fourth-order valence-electron chi connectivity index (χ4n) is 10.8. The Balaban J connectivity index is 0.940. The minimum absolute atomic E-state index is 0.810. The van der Waals surface area contributed by atoms with E-state index in [2.05, 4.69) is 185 Å². The van der Waals surface area contributed by atoms with Crippen molar-refractivity contribution >= 4 is 98.7 Å². The van der Waals surface area contributed by atoms with Crippen LogP contribution >= 0.6 is 0 Å². The van der Waals surface area contributed by atoms with Crippen molar-refractivity contribution in [3.63, 3.8) is 0 Å². The lowest BCUT2D eigenvalue weighted by Crippen LogP contribution is -1.98. The van der Waals surface area contributed by atoms with E-state index in [1.165, 1.54) is 10.8 Å². The Hall–Kier alpha value is -9.13. The van der Waals surface area contributed by atoms with Crippen molar-refractivity contribution in [3.8, 4) is 45.0 Å². The molecule has 0 aliphatic carbocycles. The largest absolute Gasteiger partial charge is 0.456 e. The molecule has 0 radical (unpaired) electrons. The monoisotopic (exact) mass is 857 g/mol. The zero-order valence-electron chi connectivity index (χ0n) is 35.8.